The minimum atomic E-state index is -0.419. The molecule has 3 heterocycles. The smallest absolute Gasteiger partial charge is 0.323 e. The van der Waals surface area contributed by atoms with E-state index in [0.717, 1.165) is 38.8 Å². The molecule has 0 radical (unpaired) electrons. The summed E-state index contributed by atoms with van der Waals surface area (Å²) in [5, 5.41) is 0. The highest BCUT2D eigenvalue weighted by Crippen LogP contribution is 2.41. The van der Waals surface area contributed by atoms with Crippen molar-refractivity contribution in [3.8, 4) is 5.75 Å². The SMILES string of the molecule is O=C1CC2(CCN(C3CCc4ccccc4C3)CC2)Oc2cc3[nH]c(=O)[nH]c3cc21. The Morgan fingerprint density at radius 1 is 1.00 bits per heavy atom. The van der Waals surface area contributed by atoms with E-state index in [9.17, 15) is 9.59 Å². The number of rotatable bonds is 1. The second-order valence-electron chi connectivity index (χ2n) is 9.06. The highest BCUT2D eigenvalue weighted by atomic mass is 16.5. The minimum absolute atomic E-state index is 0.111. The van der Waals surface area contributed by atoms with Crippen molar-refractivity contribution in [2.45, 2.75) is 50.2 Å². The van der Waals surface area contributed by atoms with E-state index >= 15 is 0 Å². The Labute approximate surface area is 174 Å². The number of hydrogen-bond acceptors (Lipinski definition) is 4. The normalized spacial score (nSPS) is 23.2. The molecule has 6 heteroatoms. The van der Waals surface area contributed by atoms with Gasteiger partial charge >= 0.3 is 5.69 Å². The highest BCUT2D eigenvalue weighted by molar-refractivity contribution is 6.03. The maximum atomic E-state index is 12.9. The molecule has 0 saturated carbocycles. The Hall–Kier alpha value is -2.86. The first-order valence-corrected chi connectivity index (χ1v) is 10.9. The molecule has 2 aromatic carbocycles. The molecule has 3 aliphatic rings. The lowest BCUT2D eigenvalue weighted by molar-refractivity contribution is -0.0199. The van der Waals surface area contributed by atoms with Gasteiger partial charge < -0.3 is 14.7 Å². The Morgan fingerprint density at radius 3 is 2.53 bits per heavy atom. The molecule has 2 N–H and O–H groups in total. The Morgan fingerprint density at radius 2 is 1.73 bits per heavy atom. The molecule has 1 spiro atoms. The monoisotopic (exact) mass is 403 g/mol. The summed E-state index contributed by atoms with van der Waals surface area (Å²) in [6.45, 7) is 1.91. The van der Waals surface area contributed by atoms with Gasteiger partial charge in [-0.05, 0) is 36.5 Å². The molecule has 30 heavy (non-hydrogen) atoms. The van der Waals surface area contributed by atoms with E-state index in [2.05, 4.69) is 39.1 Å². The summed E-state index contributed by atoms with van der Waals surface area (Å²) in [5.74, 6) is 0.717. The molecular formula is C24H25N3O3. The van der Waals surface area contributed by atoms with Crippen molar-refractivity contribution in [1.82, 2.24) is 14.9 Å². The number of Topliss-reactive ketones (excluding diaryl/α,β-unsaturated/α-hetero) is 1. The third-order valence-electron chi connectivity index (χ3n) is 7.27. The highest BCUT2D eigenvalue weighted by Gasteiger charge is 2.44. The number of H-pyrrole nitrogens is 2. The van der Waals surface area contributed by atoms with E-state index in [1.54, 1.807) is 12.1 Å². The molecule has 1 fully saturated rings. The number of hydrogen-bond donors (Lipinski definition) is 2. The molecule has 3 aromatic rings. The quantitative estimate of drug-likeness (QED) is 0.654. The Kier molecular flexibility index (Phi) is 3.93. The van der Waals surface area contributed by atoms with Gasteiger partial charge in [-0.2, -0.15) is 0 Å². The van der Waals surface area contributed by atoms with Crippen LogP contribution in [0.15, 0.2) is 41.2 Å². The maximum Gasteiger partial charge on any atom is 0.323 e. The molecule has 1 aliphatic carbocycles. The zero-order valence-electron chi connectivity index (χ0n) is 16.9. The van der Waals surface area contributed by atoms with Crippen molar-refractivity contribution in [2.75, 3.05) is 13.1 Å². The van der Waals surface area contributed by atoms with Crippen LogP contribution >= 0.6 is 0 Å². The van der Waals surface area contributed by atoms with E-state index in [1.807, 2.05) is 0 Å². The molecule has 1 saturated heterocycles. The van der Waals surface area contributed by atoms with Gasteiger partial charge in [-0.1, -0.05) is 24.3 Å². The predicted octanol–water partition coefficient (Wildman–Crippen LogP) is 3.21. The van der Waals surface area contributed by atoms with Crippen LogP contribution in [0.3, 0.4) is 0 Å². The fraction of sp³-hybridized carbons (Fsp3) is 0.417. The number of nitrogens with zero attached hydrogens (tertiary/aromatic N) is 1. The summed E-state index contributed by atoms with van der Waals surface area (Å²) in [7, 11) is 0. The number of piperidine rings is 1. The van der Waals surface area contributed by atoms with Crippen LogP contribution in [0, 0.1) is 0 Å². The second-order valence-corrected chi connectivity index (χ2v) is 9.06. The second kappa shape index (κ2) is 6.57. The largest absolute Gasteiger partial charge is 0.486 e. The summed E-state index contributed by atoms with van der Waals surface area (Å²) >= 11 is 0. The van der Waals surface area contributed by atoms with Crippen LogP contribution in [0.2, 0.25) is 0 Å². The van der Waals surface area contributed by atoms with E-state index < -0.39 is 5.60 Å². The summed E-state index contributed by atoms with van der Waals surface area (Å²) in [5.41, 5.74) is 4.20. The lowest BCUT2D eigenvalue weighted by Crippen LogP contribution is -2.54. The van der Waals surface area contributed by atoms with Crippen molar-refractivity contribution < 1.29 is 9.53 Å². The summed E-state index contributed by atoms with van der Waals surface area (Å²) in [4.78, 5) is 32.6. The molecule has 1 aromatic heterocycles. The van der Waals surface area contributed by atoms with Gasteiger partial charge in [0.25, 0.3) is 0 Å². The van der Waals surface area contributed by atoms with Crippen LogP contribution in [0.1, 0.15) is 47.2 Å². The van der Waals surface area contributed by atoms with Crippen molar-refractivity contribution in [2.24, 2.45) is 0 Å². The number of carbonyl (C=O) groups excluding carboxylic acids is 1. The number of aromatic amines is 2. The molecular weight excluding hydrogens is 378 g/mol. The third kappa shape index (κ3) is 2.89. The van der Waals surface area contributed by atoms with E-state index in [1.165, 1.54) is 17.5 Å². The lowest BCUT2D eigenvalue weighted by atomic mass is 9.80. The van der Waals surface area contributed by atoms with Crippen LogP contribution in [0.4, 0.5) is 0 Å². The molecule has 6 rings (SSSR count). The number of carbonyl (C=O) groups is 1. The molecule has 2 aliphatic heterocycles. The van der Waals surface area contributed by atoms with E-state index in [4.69, 9.17) is 4.74 Å². The van der Waals surface area contributed by atoms with E-state index in [-0.39, 0.29) is 11.5 Å². The van der Waals surface area contributed by atoms with Gasteiger partial charge in [0.1, 0.15) is 11.4 Å². The number of ether oxygens (including phenoxy) is 1. The number of nitrogens with one attached hydrogen (secondary N) is 2. The third-order valence-corrected chi connectivity index (χ3v) is 7.27. The first-order valence-electron chi connectivity index (χ1n) is 10.9. The summed E-state index contributed by atoms with van der Waals surface area (Å²) < 4.78 is 6.46. The number of likely N-dealkylation sites (tertiary alicyclic amines) is 1. The number of aromatic nitrogens is 2. The van der Waals surface area contributed by atoms with Crippen molar-refractivity contribution in [1.29, 1.82) is 0 Å². The summed E-state index contributed by atoms with van der Waals surface area (Å²) in [6.07, 6.45) is 5.60. The van der Waals surface area contributed by atoms with Crippen molar-refractivity contribution in [3.05, 3.63) is 63.6 Å². The Balaban J connectivity index is 1.20. The van der Waals surface area contributed by atoms with Gasteiger partial charge in [0.05, 0.1) is 23.0 Å². The van der Waals surface area contributed by atoms with Crippen LogP contribution in [-0.4, -0.2) is 45.4 Å². The molecule has 154 valence electrons. The topological polar surface area (TPSA) is 78.2 Å². The first kappa shape index (κ1) is 18.0. The summed E-state index contributed by atoms with van der Waals surface area (Å²) in [6, 6.07) is 12.9. The van der Waals surface area contributed by atoms with Gasteiger partial charge in [-0.15, -0.1) is 0 Å². The number of benzene rings is 2. The fourth-order valence-corrected chi connectivity index (χ4v) is 5.59. The average Bonchev–Trinajstić information content (AvgIpc) is 3.11. The lowest BCUT2D eigenvalue weighted by Gasteiger charge is -2.46. The van der Waals surface area contributed by atoms with Crippen molar-refractivity contribution in [3.63, 3.8) is 0 Å². The van der Waals surface area contributed by atoms with Gasteiger partial charge in [-0.25, -0.2) is 4.79 Å². The number of imidazole rings is 1. The van der Waals surface area contributed by atoms with Gasteiger partial charge in [0.2, 0.25) is 0 Å². The van der Waals surface area contributed by atoms with E-state index in [0.29, 0.717) is 34.8 Å². The van der Waals surface area contributed by atoms with Gasteiger partial charge in [-0.3, -0.25) is 9.69 Å². The van der Waals surface area contributed by atoms with Crippen molar-refractivity contribution >= 4 is 16.8 Å². The van der Waals surface area contributed by atoms with Crippen LogP contribution in [0.5, 0.6) is 5.75 Å². The maximum absolute atomic E-state index is 12.9. The molecule has 0 amide bonds. The average molecular weight is 403 g/mol. The zero-order valence-corrected chi connectivity index (χ0v) is 16.9. The zero-order chi connectivity index (χ0) is 20.3. The molecule has 1 unspecified atom stereocenters. The minimum Gasteiger partial charge on any atom is -0.486 e. The molecule has 6 nitrogen and oxygen atoms in total. The van der Waals surface area contributed by atoms with Gasteiger partial charge in [0, 0.05) is 38.0 Å². The predicted molar refractivity (Wildman–Crippen MR) is 114 cm³/mol. The molecule has 1 atom stereocenters. The fourth-order valence-electron chi connectivity index (χ4n) is 5.59. The first-order chi connectivity index (χ1) is 14.6. The standard InChI is InChI=1S/C24H25N3O3/c28-21-14-24(30-22-13-20-19(12-18(21)22)25-23(29)26-20)7-9-27(10-8-24)17-6-5-15-3-1-2-4-16(15)11-17/h1-4,12-13,17H,5-11,14H2,(H2,25,26,29). The number of aryl methyl sites for hydroxylation is 1. The van der Waals surface area contributed by atoms with Crippen LogP contribution in [-0.2, 0) is 12.8 Å². The molecule has 0 bridgehead atoms. The van der Waals surface area contributed by atoms with Gasteiger partial charge in [0.15, 0.2) is 5.78 Å². The van der Waals surface area contributed by atoms with Crippen LogP contribution < -0.4 is 10.4 Å². The number of fused-ring (bicyclic) bond motifs is 3. The number of ketones is 1. The Bertz CT molecular complexity index is 1200. The van der Waals surface area contributed by atoms with Crippen LogP contribution in [0.25, 0.3) is 11.0 Å².